The summed E-state index contributed by atoms with van der Waals surface area (Å²) in [6.07, 6.45) is 0.721. The normalized spacial score (nSPS) is 11.0. The van der Waals surface area contributed by atoms with Gasteiger partial charge < -0.3 is 20.1 Å². The smallest absolute Gasteiger partial charge is 0.340 e. The third kappa shape index (κ3) is 5.87. The molecular weight excluding hydrogens is 440 g/mol. The van der Waals surface area contributed by atoms with E-state index in [-0.39, 0.29) is 5.41 Å². The van der Waals surface area contributed by atoms with Gasteiger partial charge in [-0.3, -0.25) is 0 Å². The number of carbonyl (C=O) groups is 1. The third-order valence-electron chi connectivity index (χ3n) is 4.95. The van der Waals surface area contributed by atoms with Gasteiger partial charge in [-0.2, -0.15) is 0 Å². The van der Waals surface area contributed by atoms with E-state index in [2.05, 4.69) is 43.5 Å². The van der Waals surface area contributed by atoms with Gasteiger partial charge in [-0.05, 0) is 47.0 Å². The fourth-order valence-electron chi connectivity index (χ4n) is 3.21. The van der Waals surface area contributed by atoms with Crippen LogP contribution < -0.4 is 15.4 Å². The van der Waals surface area contributed by atoms with E-state index in [1.54, 1.807) is 7.11 Å². The van der Waals surface area contributed by atoms with Gasteiger partial charge in [0.05, 0.1) is 25.5 Å². The zero-order chi connectivity index (χ0) is 23.3. The first-order valence-electron chi connectivity index (χ1n) is 10.2. The first-order chi connectivity index (χ1) is 15.2. The first-order valence-corrected chi connectivity index (χ1v) is 11.4. The number of benzene rings is 2. The zero-order valence-corrected chi connectivity index (χ0v) is 20.6. The number of ether oxygens (including phenoxy) is 2. The Labute approximate surface area is 198 Å². The van der Waals surface area contributed by atoms with E-state index in [0.717, 1.165) is 22.5 Å². The van der Waals surface area contributed by atoms with Crippen molar-refractivity contribution in [3.05, 3.63) is 76.2 Å². The van der Waals surface area contributed by atoms with Gasteiger partial charge in [0.15, 0.2) is 5.11 Å². The van der Waals surface area contributed by atoms with Crippen LogP contribution in [0.25, 0.3) is 0 Å². The van der Waals surface area contributed by atoms with E-state index in [1.807, 2.05) is 42.5 Å². The van der Waals surface area contributed by atoms with E-state index in [9.17, 15) is 4.79 Å². The first kappa shape index (κ1) is 23.8. The van der Waals surface area contributed by atoms with E-state index < -0.39 is 5.97 Å². The summed E-state index contributed by atoms with van der Waals surface area (Å²) in [6, 6.07) is 18.0. The second-order valence-electron chi connectivity index (χ2n) is 8.35. The maximum atomic E-state index is 12.4. The number of methoxy groups -OCH3 is 2. The van der Waals surface area contributed by atoms with Crippen molar-refractivity contribution in [1.82, 2.24) is 0 Å². The predicted octanol–water partition coefficient (Wildman–Crippen LogP) is 6.24. The van der Waals surface area contributed by atoms with E-state index >= 15 is 0 Å². The van der Waals surface area contributed by atoms with Crippen LogP contribution in [-0.2, 0) is 16.6 Å². The average molecular weight is 469 g/mol. The van der Waals surface area contributed by atoms with Crippen LogP contribution in [0.4, 0.5) is 10.7 Å². The minimum Gasteiger partial charge on any atom is -0.495 e. The molecule has 5 nitrogen and oxygen atoms in total. The van der Waals surface area contributed by atoms with Gasteiger partial charge in [0.25, 0.3) is 0 Å². The molecule has 0 aliphatic carbocycles. The largest absolute Gasteiger partial charge is 0.495 e. The summed E-state index contributed by atoms with van der Waals surface area (Å²) in [5.74, 6) is 0.282. The molecule has 1 heterocycles. The summed E-state index contributed by atoms with van der Waals surface area (Å²) in [5, 5.41) is 7.40. The van der Waals surface area contributed by atoms with Crippen LogP contribution in [-0.4, -0.2) is 25.3 Å². The molecule has 2 aromatic carbocycles. The molecule has 0 aliphatic heterocycles. The molecule has 3 aromatic rings. The molecule has 0 bridgehead atoms. The monoisotopic (exact) mass is 468 g/mol. The van der Waals surface area contributed by atoms with Crippen molar-refractivity contribution in [3.63, 3.8) is 0 Å². The second-order valence-corrected chi connectivity index (χ2v) is 9.90. The lowest BCUT2D eigenvalue weighted by atomic mass is 9.87. The molecule has 3 rings (SSSR count). The molecule has 0 unspecified atom stereocenters. The lowest BCUT2D eigenvalue weighted by Gasteiger charge is -2.21. The summed E-state index contributed by atoms with van der Waals surface area (Å²) in [4.78, 5) is 13.4. The predicted molar refractivity (Wildman–Crippen MR) is 136 cm³/mol. The fraction of sp³-hybridized carbons (Fsp3) is 0.280. The highest BCUT2D eigenvalue weighted by Gasteiger charge is 2.20. The second kappa shape index (κ2) is 10.1. The standard InChI is InChI=1S/C25H28N2O3S2/c1-25(2,3)17-11-12-21(29-4)20(14-17)26-24(31)27-22-19(23(28)30-5)15-18(32-22)13-16-9-7-6-8-10-16/h6-12,14-15H,13H2,1-5H3,(H2,26,27,31). The minimum absolute atomic E-state index is 0.0180. The fourth-order valence-corrected chi connectivity index (χ4v) is 4.57. The number of hydrogen-bond acceptors (Lipinski definition) is 5. The van der Waals surface area contributed by atoms with Gasteiger partial charge in [-0.15, -0.1) is 11.3 Å². The zero-order valence-electron chi connectivity index (χ0n) is 18.9. The molecule has 0 saturated carbocycles. The molecule has 168 valence electrons. The number of rotatable bonds is 6. The summed E-state index contributed by atoms with van der Waals surface area (Å²) >= 11 is 7.04. The number of thiophene rings is 1. The SMILES string of the molecule is COC(=O)c1cc(Cc2ccccc2)sc1NC(=S)Nc1cc(C(C)(C)C)ccc1OC. The number of carbonyl (C=O) groups excluding carboxylic acids is 1. The molecule has 32 heavy (non-hydrogen) atoms. The maximum absolute atomic E-state index is 12.4. The van der Waals surface area contributed by atoms with Crippen LogP contribution in [0, 0.1) is 0 Å². The van der Waals surface area contributed by atoms with Crippen molar-refractivity contribution in [2.24, 2.45) is 0 Å². The lowest BCUT2D eigenvalue weighted by molar-refractivity contribution is 0.0602. The molecule has 0 radical (unpaired) electrons. The van der Waals surface area contributed by atoms with Gasteiger partial charge >= 0.3 is 5.97 Å². The van der Waals surface area contributed by atoms with Crippen LogP contribution in [0.1, 0.15) is 47.1 Å². The van der Waals surface area contributed by atoms with Crippen molar-refractivity contribution in [2.75, 3.05) is 24.9 Å². The summed E-state index contributed by atoms with van der Waals surface area (Å²) in [5.41, 5.74) is 3.53. The molecule has 0 spiro atoms. The van der Waals surface area contributed by atoms with E-state index in [4.69, 9.17) is 21.7 Å². The van der Waals surface area contributed by atoms with Gasteiger partial charge in [-0.25, -0.2) is 4.79 Å². The topological polar surface area (TPSA) is 59.6 Å². The Balaban J connectivity index is 1.83. The summed E-state index contributed by atoms with van der Waals surface area (Å²) in [7, 11) is 3.00. The number of esters is 1. The lowest BCUT2D eigenvalue weighted by Crippen LogP contribution is -2.21. The molecule has 0 amide bonds. The highest BCUT2D eigenvalue weighted by Crippen LogP contribution is 2.33. The number of anilines is 2. The number of thiocarbonyl (C=S) groups is 1. The van der Waals surface area contributed by atoms with Gasteiger partial charge in [0, 0.05) is 11.3 Å². The highest BCUT2D eigenvalue weighted by molar-refractivity contribution is 7.80. The van der Waals surface area contributed by atoms with Gasteiger partial charge in [-0.1, -0.05) is 57.2 Å². The van der Waals surface area contributed by atoms with Crippen molar-refractivity contribution >= 4 is 45.3 Å². The molecule has 0 fully saturated rings. The van der Waals surface area contributed by atoms with Crippen LogP contribution in [0.5, 0.6) is 5.75 Å². The van der Waals surface area contributed by atoms with Crippen LogP contribution in [0.3, 0.4) is 0 Å². The van der Waals surface area contributed by atoms with E-state index in [0.29, 0.717) is 21.4 Å². The number of nitrogens with one attached hydrogen (secondary N) is 2. The van der Waals surface area contributed by atoms with Crippen LogP contribution >= 0.6 is 23.6 Å². The minimum atomic E-state index is -0.404. The van der Waals surface area contributed by atoms with Gasteiger partial charge in [0.2, 0.25) is 0 Å². The number of hydrogen-bond donors (Lipinski definition) is 2. The molecule has 2 N–H and O–H groups in total. The van der Waals surface area contributed by atoms with E-state index in [1.165, 1.54) is 24.0 Å². The van der Waals surface area contributed by atoms with Crippen molar-refractivity contribution in [1.29, 1.82) is 0 Å². The highest BCUT2D eigenvalue weighted by atomic mass is 32.1. The Kier molecular flexibility index (Phi) is 7.53. The van der Waals surface area contributed by atoms with Crippen molar-refractivity contribution in [3.8, 4) is 5.75 Å². The Morgan fingerprint density at radius 1 is 1.03 bits per heavy atom. The quantitative estimate of drug-likeness (QED) is 0.330. The molecule has 0 aliphatic rings. The molecule has 0 saturated heterocycles. The summed E-state index contributed by atoms with van der Waals surface area (Å²) < 4.78 is 10.5. The average Bonchev–Trinajstić information content (AvgIpc) is 3.14. The Morgan fingerprint density at radius 2 is 1.75 bits per heavy atom. The maximum Gasteiger partial charge on any atom is 0.340 e. The Morgan fingerprint density at radius 3 is 2.38 bits per heavy atom. The summed E-state index contributed by atoms with van der Waals surface area (Å²) in [6.45, 7) is 6.45. The van der Waals surface area contributed by atoms with Crippen molar-refractivity contribution < 1.29 is 14.3 Å². The Bertz CT molecular complexity index is 1100. The Hall–Kier alpha value is -2.90. The third-order valence-corrected chi connectivity index (χ3v) is 6.20. The van der Waals surface area contributed by atoms with Crippen molar-refractivity contribution in [2.45, 2.75) is 32.6 Å². The molecule has 7 heteroatoms. The van der Waals surface area contributed by atoms with Gasteiger partial charge in [0.1, 0.15) is 10.8 Å². The van der Waals surface area contributed by atoms with Crippen LogP contribution in [0.15, 0.2) is 54.6 Å². The molecule has 0 atom stereocenters. The molecular formula is C25H28N2O3S2. The van der Waals surface area contributed by atoms with Crippen LogP contribution in [0.2, 0.25) is 0 Å². The molecule has 1 aromatic heterocycles.